The van der Waals surface area contributed by atoms with Crippen LogP contribution in [0.25, 0.3) is 0 Å². The molecule has 0 aliphatic carbocycles. The molecule has 6 heteroatoms. The largest absolute Gasteiger partial charge is 0.477 e. The van der Waals surface area contributed by atoms with Gasteiger partial charge in [-0.05, 0) is 30.2 Å². The molecule has 2 N–H and O–H groups in total. The van der Waals surface area contributed by atoms with E-state index >= 15 is 0 Å². The number of hydrogen-bond donors (Lipinski definition) is 2. The molecule has 0 bridgehead atoms. The van der Waals surface area contributed by atoms with Crippen LogP contribution in [-0.4, -0.2) is 28.5 Å². The SMILES string of the molecule is O=C(O)c1ccc(C(=O)NCCc2cccnc2)s1. The number of aromatic carboxylic acids is 1. The Hall–Kier alpha value is -2.21. The van der Waals surface area contributed by atoms with Gasteiger partial charge in [-0.25, -0.2) is 4.79 Å². The zero-order valence-electron chi connectivity index (χ0n) is 10.00. The monoisotopic (exact) mass is 276 g/mol. The van der Waals surface area contributed by atoms with Crippen molar-refractivity contribution in [3.63, 3.8) is 0 Å². The number of pyridine rings is 1. The number of carboxylic acids is 1. The molecule has 2 rings (SSSR count). The predicted molar refractivity (Wildman–Crippen MR) is 71.6 cm³/mol. The van der Waals surface area contributed by atoms with Crippen LogP contribution < -0.4 is 5.32 Å². The fraction of sp³-hybridized carbons (Fsp3) is 0.154. The van der Waals surface area contributed by atoms with Crippen molar-refractivity contribution in [1.29, 1.82) is 0 Å². The first-order valence-electron chi connectivity index (χ1n) is 5.67. The van der Waals surface area contributed by atoms with Gasteiger partial charge in [0.15, 0.2) is 0 Å². The normalized spacial score (nSPS) is 10.1. The first kappa shape index (κ1) is 13.2. The van der Waals surface area contributed by atoms with E-state index in [9.17, 15) is 9.59 Å². The van der Waals surface area contributed by atoms with E-state index in [4.69, 9.17) is 5.11 Å². The lowest BCUT2D eigenvalue weighted by Crippen LogP contribution is -2.24. The van der Waals surface area contributed by atoms with Gasteiger partial charge in [0.1, 0.15) is 4.88 Å². The smallest absolute Gasteiger partial charge is 0.345 e. The van der Waals surface area contributed by atoms with Crippen molar-refractivity contribution in [3.05, 3.63) is 52.0 Å². The maximum atomic E-state index is 11.8. The topological polar surface area (TPSA) is 79.3 Å². The Morgan fingerprint density at radius 3 is 2.68 bits per heavy atom. The third-order valence-electron chi connectivity index (χ3n) is 2.46. The summed E-state index contributed by atoms with van der Waals surface area (Å²) in [5, 5.41) is 11.5. The van der Waals surface area contributed by atoms with E-state index in [-0.39, 0.29) is 10.8 Å². The Balaban J connectivity index is 1.85. The van der Waals surface area contributed by atoms with Crippen molar-refractivity contribution < 1.29 is 14.7 Å². The first-order valence-corrected chi connectivity index (χ1v) is 6.48. The van der Waals surface area contributed by atoms with E-state index < -0.39 is 5.97 Å². The molecule has 0 aliphatic heterocycles. The van der Waals surface area contributed by atoms with E-state index in [1.807, 2.05) is 12.1 Å². The first-order chi connectivity index (χ1) is 9.16. The van der Waals surface area contributed by atoms with Crippen LogP contribution in [0, 0.1) is 0 Å². The zero-order chi connectivity index (χ0) is 13.7. The summed E-state index contributed by atoms with van der Waals surface area (Å²) < 4.78 is 0. The third-order valence-corrected chi connectivity index (χ3v) is 3.53. The number of rotatable bonds is 5. The minimum atomic E-state index is -1.01. The number of carbonyl (C=O) groups is 2. The highest BCUT2D eigenvalue weighted by Gasteiger charge is 2.12. The van der Waals surface area contributed by atoms with Gasteiger partial charge in [-0.1, -0.05) is 6.07 Å². The molecule has 5 nitrogen and oxygen atoms in total. The van der Waals surface area contributed by atoms with Gasteiger partial charge in [-0.2, -0.15) is 0 Å². The minimum absolute atomic E-state index is 0.164. The quantitative estimate of drug-likeness (QED) is 0.873. The predicted octanol–water partition coefficient (Wildman–Crippen LogP) is 1.81. The van der Waals surface area contributed by atoms with Crippen LogP contribution in [0.2, 0.25) is 0 Å². The highest BCUT2D eigenvalue weighted by molar-refractivity contribution is 7.15. The second-order valence-corrected chi connectivity index (χ2v) is 4.92. The second kappa shape index (κ2) is 6.10. The number of amides is 1. The number of carboxylic acid groups (broad SMARTS) is 1. The van der Waals surface area contributed by atoms with E-state index in [2.05, 4.69) is 10.3 Å². The van der Waals surface area contributed by atoms with E-state index in [0.717, 1.165) is 16.9 Å². The number of carbonyl (C=O) groups excluding carboxylic acids is 1. The van der Waals surface area contributed by atoms with Crippen molar-refractivity contribution in [3.8, 4) is 0 Å². The Labute approximate surface area is 113 Å². The van der Waals surface area contributed by atoms with Gasteiger partial charge >= 0.3 is 5.97 Å². The van der Waals surface area contributed by atoms with Gasteiger partial charge in [0.25, 0.3) is 5.91 Å². The molecule has 0 radical (unpaired) electrons. The lowest BCUT2D eigenvalue weighted by molar-refractivity contribution is 0.0702. The molecule has 2 heterocycles. The number of thiophene rings is 1. The van der Waals surface area contributed by atoms with Crippen molar-refractivity contribution in [2.75, 3.05) is 6.54 Å². The van der Waals surface area contributed by atoms with Crippen LogP contribution in [0.15, 0.2) is 36.7 Å². The van der Waals surface area contributed by atoms with Crippen LogP contribution >= 0.6 is 11.3 Å². The number of nitrogens with zero attached hydrogens (tertiary/aromatic N) is 1. The van der Waals surface area contributed by atoms with Gasteiger partial charge in [0.2, 0.25) is 0 Å². The minimum Gasteiger partial charge on any atom is -0.477 e. The summed E-state index contributed by atoms with van der Waals surface area (Å²) in [6, 6.07) is 6.74. The van der Waals surface area contributed by atoms with E-state index in [1.54, 1.807) is 12.4 Å². The van der Waals surface area contributed by atoms with Crippen molar-refractivity contribution in [2.24, 2.45) is 0 Å². The molecule has 0 unspecified atom stereocenters. The van der Waals surface area contributed by atoms with Crippen LogP contribution in [0.1, 0.15) is 24.9 Å². The summed E-state index contributed by atoms with van der Waals surface area (Å²) in [4.78, 5) is 27.0. The number of aromatic nitrogens is 1. The summed E-state index contributed by atoms with van der Waals surface area (Å²) in [5.41, 5.74) is 1.04. The van der Waals surface area contributed by atoms with Crippen LogP contribution in [0.5, 0.6) is 0 Å². The molecular formula is C13H12N2O3S. The Bertz CT molecular complexity index is 581. The molecule has 98 valence electrons. The van der Waals surface area contributed by atoms with Gasteiger partial charge in [0, 0.05) is 18.9 Å². The summed E-state index contributed by atoms with van der Waals surface area (Å²) in [5.74, 6) is -1.26. The lowest BCUT2D eigenvalue weighted by atomic mass is 10.2. The summed E-state index contributed by atoms with van der Waals surface area (Å²) in [7, 11) is 0. The Morgan fingerprint density at radius 2 is 2.05 bits per heavy atom. The van der Waals surface area contributed by atoms with Gasteiger partial charge < -0.3 is 10.4 Å². The van der Waals surface area contributed by atoms with Gasteiger partial charge in [0.05, 0.1) is 4.88 Å². The third kappa shape index (κ3) is 3.62. The molecule has 0 aromatic carbocycles. The average Bonchev–Trinajstić information content (AvgIpc) is 2.89. The van der Waals surface area contributed by atoms with Crippen molar-refractivity contribution in [1.82, 2.24) is 10.3 Å². The molecule has 2 aromatic rings. The fourth-order valence-corrected chi connectivity index (χ4v) is 2.29. The fourth-order valence-electron chi connectivity index (χ4n) is 1.53. The molecule has 0 saturated heterocycles. The highest BCUT2D eigenvalue weighted by Crippen LogP contribution is 2.16. The molecule has 0 fully saturated rings. The molecular weight excluding hydrogens is 264 g/mol. The van der Waals surface area contributed by atoms with Crippen LogP contribution in [0.3, 0.4) is 0 Å². The molecule has 19 heavy (non-hydrogen) atoms. The maximum absolute atomic E-state index is 11.8. The number of hydrogen-bond acceptors (Lipinski definition) is 4. The Kier molecular flexibility index (Phi) is 4.25. The lowest BCUT2D eigenvalue weighted by Gasteiger charge is -2.03. The second-order valence-electron chi connectivity index (χ2n) is 3.84. The molecule has 1 amide bonds. The van der Waals surface area contributed by atoms with Gasteiger partial charge in [-0.3, -0.25) is 9.78 Å². The van der Waals surface area contributed by atoms with Crippen LogP contribution in [-0.2, 0) is 6.42 Å². The number of nitrogens with one attached hydrogen (secondary N) is 1. The van der Waals surface area contributed by atoms with Crippen LogP contribution in [0.4, 0.5) is 0 Å². The standard InChI is InChI=1S/C13H12N2O3S/c16-12(10-3-4-11(19-10)13(17)18)15-7-5-9-2-1-6-14-8-9/h1-4,6,8H,5,7H2,(H,15,16)(H,17,18). The maximum Gasteiger partial charge on any atom is 0.345 e. The highest BCUT2D eigenvalue weighted by atomic mass is 32.1. The van der Waals surface area contributed by atoms with Crippen molar-refractivity contribution >= 4 is 23.2 Å². The summed E-state index contributed by atoms with van der Waals surface area (Å²) in [6.45, 7) is 0.491. The molecule has 0 spiro atoms. The molecule has 0 saturated carbocycles. The van der Waals surface area contributed by atoms with E-state index in [1.165, 1.54) is 12.1 Å². The Morgan fingerprint density at radius 1 is 1.26 bits per heavy atom. The molecule has 2 aromatic heterocycles. The zero-order valence-corrected chi connectivity index (χ0v) is 10.8. The van der Waals surface area contributed by atoms with Crippen molar-refractivity contribution in [2.45, 2.75) is 6.42 Å². The molecule has 0 atom stereocenters. The summed E-state index contributed by atoms with van der Waals surface area (Å²) in [6.07, 6.45) is 4.14. The average molecular weight is 276 g/mol. The van der Waals surface area contributed by atoms with Gasteiger partial charge in [-0.15, -0.1) is 11.3 Å². The molecule has 0 aliphatic rings. The van der Waals surface area contributed by atoms with E-state index in [0.29, 0.717) is 17.8 Å². The summed E-state index contributed by atoms with van der Waals surface area (Å²) >= 11 is 0.971.